The minimum Gasteiger partial charge on any atom is -0.497 e. The van der Waals surface area contributed by atoms with Gasteiger partial charge in [-0.1, -0.05) is 25.1 Å². The highest BCUT2D eigenvalue weighted by molar-refractivity contribution is 6.36. The fraction of sp³-hybridized carbons (Fsp3) is 0.304. The van der Waals surface area contributed by atoms with Crippen molar-refractivity contribution in [2.75, 3.05) is 19.0 Å². The van der Waals surface area contributed by atoms with Gasteiger partial charge in [-0.2, -0.15) is 0 Å². The Kier molecular flexibility index (Phi) is 6.22. The van der Waals surface area contributed by atoms with Gasteiger partial charge in [0, 0.05) is 18.3 Å². The van der Waals surface area contributed by atoms with E-state index in [-0.39, 0.29) is 23.6 Å². The third-order valence-corrected chi connectivity index (χ3v) is 4.47. The molecule has 0 aromatic heterocycles. The summed E-state index contributed by atoms with van der Waals surface area (Å²) >= 11 is 0. The molecule has 29 heavy (non-hydrogen) atoms. The maximum atomic E-state index is 13.0. The van der Waals surface area contributed by atoms with Crippen molar-refractivity contribution in [2.45, 2.75) is 33.3 Å². The SMILES string of the molecule is CCCN1C(=O)C(Nc2cccc(OC)c2)=C(c2ccc(OC(C)C)cc2)C1=O. The molecule has 2 aromatic carbocycles. The van der Waals surface area contributed by atoms with E-state index in [1.165, 1.54) is 4.90 Å². The molecule has 0 radical (unpaired) electrons. The number of hydrogen-bond donors (Lipinski definition) is 1. The maximum Gasteiger partial charge on any atom is 0.278 e. The standard InChI is InChI=1S/C23H26N2O4/c1-5-13-25-22(26)20(16-9-11-18(12-10-16)29-15(2)3)21(23(25)27)24-17-7-6-8-19(14-17)28-4/h6-12,14-15,24H,5,13H2,1-4H3. The molecule has 2 amide bonds. The Morgan fingerprint density at radius 3 is 2.34 bits per heavy atom. The van der Waals surface area contributed by atoms with E-state index < -0.39 is 0 Å². The van der Waals surface area contributed by atoms with Crippen LogP contribution in [0.4, 0.5) is 5.69 Å². The predicted molar refractivity (Wildman–Crippen MR) is 113 cm³/mol. The molecule has 0 spiro atoms. The number of carbonyl (C=O) groups excluding carboxylic acids is 2. The molecular weight excluding hydrogens is 368 g/mol. The molecule has 1 aliphatic rings. The first-order chi connectivity index (χ1) is 13.9. The zero-order valence-electron chi connectivity index (χ0n) is 17.2. The molecule has 0 atom stereocenters. The number of methoxy groups -OCH3 is 1. The molecule has 1 N–H and O–H groups in total. The molecule has 0 bridgehead atoms. The zero-order valence-corrected chi connectivity index (χ0v) is 17.2. The summed E-state index contributed by atoms with van der Waals surface area (Å²) in [6.45, 7) is 6.22. The summed E-state index contributed by atoms with van der Waals surface area (Å²) in [7, 11) is 1.58. The molecular formula is C23H26N2O4. The minimum absolute atomic E-state index is 0.0556. The van der Waals surface area contributed by atoms with Crippen molar-refractivity contribution in [3.05, 3.63) is 59.8 Å². The van der Waals surface area contributed by atoms with Crippen molar-refractivity contribution in [3.63, 3.8) is 0 Å². The second-order valence-electron chi connectivity index (χ2n) is 7.06. The Labute approximate surface area is 171 Å². The van der Waals surface area contributed by atoms with Gasteiger partial charge in [-0.05, 0) is 50.1 Å². The smallest absolute Gasteiger partial charge is 0.278 e. The van der Waals surface area contributed by atoms with E-state index in [1.807, 2.05) is 51.1 Å². The lowest BCUT2D eigenvalue weighted by atomic mass is 10.0. The first kappa shape index (κ1) is 20.5. The van der Waals surface area contributed by atoms with Gasteiger partial charge >= 0.3 is 0 Å². The Morgan fingerprint density at radius 2 is 1.72 bits per heavy atom. The number of nitrogens with one attached hydrogen (secondary N) is 1. The van der Waals surface area contributed by atoms with Crippen molar-refractivity contribution in [3.8, 4) is 11.5 Å². The Bertz CT molecular complexity index is 932. The summed E-state index contributed by atoms with van der Waals surface area (Å²) in [6, 6.07) is 14.5. The van der Waals surface area contributed by atoms with E-state index in [1.54, 1.807) is 25.3 Å². The van der Waals surface area contributed by atoms with Crippen molar-refractivity contribution in [1.29, 1.82) is 0 Å². The number of hydrogen-bond acceptors (Lipinski definition) is 5. The molecule has 3 rings (SSSR count). The molecule has 0 unspecified atom stereocenters. The molecule has 1 aliphatic heterocycles. The molecule has 6 heteroatoms. The van der Waals surface area contributed by atoms with Gasteiger partial charge in [0.25, 0.3) is 11.8 Å². The lowest BCUT2D eigenvalue weighted by Gasteiger charge is -2.14. The minimum atomic E-state index is -0.322. The highest BCUT2D eigenvalue weighted by Gasteiger charge is 2.38. The van der Waals surface area contributed by atoms with Gasteiger partial charge in [-0.3, -0.25) is 14.5 Å². The largest absolute Gasteiger partial charge is 0.497 e. The lowest BCUT2D eigenvalue weighted by molar-refractivity contribution is -0.136. The van der Waals surface area contributed by atoms with Crippen LogP contribution in [0.15, 0.2) is 54.2 Å². The van der Waals surface area contributed by atoms with Crippen LogP contribution in [0.2, 0.25) is 0 Å². The van der Waals surface area contributed by atoms with E-state index in [2.05, 4.69) is 5.32 Å². The average molecular weight is 394 g/mol. The summed E-state index contributed by atoms with van der Waals surface area (Å²) in [4.78, 5) is 27.3. The number of anilines is 1. The third kappa shape index (κ3) is 4.42. The summed E-state index contributed by atoms with van der Waals surface area (Å²) in [6.07, 6.45) is 0.748. The average Bonchev–Trinajstić information content (AvgIpc) is 2.93. The highest BCUT2D eigenvalue weighted by atomic mass is 16.5. The molecule has 0 saturated heterocycles. The first-order valence-electron chi connectivity index (χ1n) is 9.73. The Morgan fingerprint density at radius 1 is 1.00 bits per heavy atom. The molecule has 0 saturated carbocycles. The quantitative estimate of drug-likeness (QED) is 0.683. The maximum absolute atomic E-state index is 13.0. The number of rotatable bonds is 8. The number of imide groups is 1. The van der Waals surface area contributed by atoms with Crippen LogP contribution in [-0.4, -0.2) is 36.5 Å². The zero-order chi connectivity index (χ0) is 21.0. The van der Waals surface area contributed by atoms with Crippen molar-refractivity contribution < 1.29 is 19.1 Å². The van der Waals surface area contributed by atoms with Crippen LogP contribution in [0.5, 0.6) is 11.5 Å². The normalized spacial score (nSPS) is 14.0. The number of benzene rings is 2. The summed E-state index contributed by atoms with van der Waals surface area (Å²) in [5, 5.41) is 3.14. The van der Waals surface area contributed by atoms with Gasteiger partial charge in [-0.15, -0.1) is 0 Å². The van der Waals surface area contributed by atoms with Gasteiger partial charge in [0.2, 0.25) is 0 Å². The third-order valence-electron chi connectivity index (χ3n) is 4.47. The number of amides is 2. The fourth-order valence-corrected chi connectivity index (χ4v) is 3.20. The van der Waals surface area contributed by atoms with Crippen LogP contribution >= 0.6 is 0 Å². The Hall–Kier alpha value is -3.28. The van der Waals surface area contributed by atoms with E-state index in [9.17, 15) is 9.59 Å². The van der Waals surface area contributed by atoms with Gasteiger partial charge in [-0.25, -0.2) is 0 Å². The second kappa shape index (κ2) is 8.82. The van der Waals surface area contributed by atoms with Gasteiger partial charge in [0.15, 0.2) is 0 Å². The fourth-order valence-electron chi connectivity index (χ4n) is 3.20. The predicted octanol–water partition coefficient (Wildman–Crippen LogP) is 4.08. The van der Waals surface area contributed by atoms with Gasteiger partial charge < -0.3 is 14.8 Å². The molecule has 0 fully saturated rings. The van der Waals surface area contributed by atoms with Crippen LogP contribution in [0.25, 0.3) is 5.57 Å². The van der Waals surface area contributed by atoms with Crippen molar-refractivity contribution in [1.82, 2.24) is 4.90 Å². The second-order valence-corrected chi connectivity index (χ2v) is 7.06. The Balaban J connectivity index is 2.01. The molecule has 1 heterocycles. The summed E-state index contributed by atoms with van der Waals surface area (Å²) in [5.41, 5.74) is 1.98. The van der Waals surface area contributed by atoms with Crippen LogP contribution < -0.4 is 14.8 Å². The number of nitrogens with zero attached hydrogens (tertiary/aromatic N) is 1. The van der Waals surface area contributed by atoms with Crippen LogP contribution in [0.3, 0.4) is 0 Å². The van der Waals surface area contributed by atoms with Crippen LogP contribution in [-0.2, 0) is 9.59 Å². The van der Waals surface area contributed by atoms with E-state index >= 15 is 0 Å². The van der Waals surface area contributed by atoms with Gasteiger partial charge in [0.05, 0.1) is 18.8 Å². The molecule has 2 aromatic rings. The van der Waals surface area contributed by atoms with Crippen molar-refractivity contribution in [2.24, 2.45) is 0 Å². The number of ether oxygens (including phenoxy) is 2. The molecule has 6 nitrogen and oxygen atoms in total. The molecule has 152 valence electrons. The monoisotopic (exact) mass is 394 g/mol. The highest BCUT2D eigenvalue weighted by Crippen LogP contribution is 2.32. The van der Waals surface area contributed by atoms with Crippen LogP contribution in [0, 0.1) is 0 Å². The van der Waals surface area contributed by atoms with E-state index in [4.69, 9.17) is 9.47 Å². The van der Waals surface area contributed by atoms with Gasteiger partial charge in [0.1, 0.15) is 17.2 Å². The van der Waals surface area contributed by atoms with Crippen molar-refractivity contribution >= 4 is 23.1 Å². The topological polar surface area (TPSA) is 67.9 Å². The molecule has 0 aliphatic carbocycles. The summed E-state index contributed by atoms with van der Waals surface area (Å²) < 4.78 is 10.9. The summed E-state index contributed by atoms with van der Waals surface area (Å²) in [5.74, 6) is 0.764. The van der Waals surface area contributed by atoms with E-state index in [0.717, 1.165) is 0 Å². The van der Waals surface area contributed by atoms with Crippen LogP contribution in [0.1, 0.15) is 32.8 Å². The first-order valence-corrected chi connectivity index (χ1v) is 9.73. The van der Waals surface area contributed by atoms with E-state index in [0.29, 0.717) is 41.3 Å². The lowest BCUT2D eigenvalue weighted by Crippen LogP contribution is -2.33. The number of carbonyl (C=O) groups is 2.